The lowest BCUT2D eigenvalue weighted by molar-refractivity contribution is -0.185. The number of nitrogens with two attached hydrogens (primary N) is 1. The number of piperidine rings is 1. The summed E-state index contributed by atoms with van der Waals surface area (Å²) in [7, 11) is 0. The number of hydrogen-bond donors (Lipinski definition) is 1. The first-order chi connectivity index (χ1) is 9.67. The summed E-state index contributed by atoms with van der Waals surface area (Å²) >= 11 is 5.03. The van der Waals surface area contributed by atoms with Gasteiger partial charge in [0.05, 0.1) is 13.2 Å². The van der Waals surface area contributed by atoms with E-state index < -0.39 is 0 Å². The van der Waals surface area contributed by atoms with E-state index in [9.17, 15) is 0 Å². The molecule has 0 unspecified atom stereocenters. The monoisotopic (exact) mass is 292 g/mol. The number of benzene rings is 1. The minimum atomic E-state index is -0.294. The largest absolute Gasteiger partial charge is 0.389 e. The van der Waals surface area contributed by atoms with E-state index >= 15 is 0 Å². The predicted molar refractivity (Wildman–Crippen MR) is 81.5 cm³/mol. The minimum Gasteiger partial charge on any atom is -0.389 e. The summed E-state index contributed by atoms with van der Waals surface area (Å²) in [5, 5.41) is 0. The van der Waals surface area contributed by atoms with Crippen LogP contribution in [-0.2, 0) is 16.0 Å². The van der Waals surface area contributed by atoms with Crippen molar-refractivity contribution in [3.8, 4) is 0 Å². The molecule has 1 spiro atoms. The van der Waals surface area contributed by atoms with Gasteiger partial charge in [-0.05, 0) is 11.6 Å². The van der Waals surface area contributed by atoms with Crippen LogP contribution in [0.1, 0.15) is 24.0 Å². The van der Waals surface area contributed by atoms with Crippen molar-refractivity contribution in [3.63, 3.8) is 0 Å². The van der Waals surface area contributed by atoms with Crippen LogP contribution >= 0.6 is 12.2 Å². The van der Waals surface area contributed by atoms with Crippen molar-refractivity contribution in [1.82, 2.24) is 4.90 Å². The molecule has 2 saturated heterocycles. The smallest absolute Gasteiger partial charge is 0.170 e. The van der Waals surface area contributed by atoms with Gasteiger partial charge in [0.25, 0.3) is 0 Å². The van der Waals surface area contributed by atoms with Crippen molar-refractivity contribution < 1.29 is 9.47 Å². The Morgan fingerprint density at radius 1 is 1.25 bits per heavy atom. The lowest BCUT2D eigenvalue weighted by Crippen LogP contribution is -2.44. The van der Waals surface area contributed by atoms with E-state index in [1.165, 1.54) is 5.56 Å². The number of rotatable bonds is 3. The third kappa shape index (κ3) is 3.01. The van der Waals surface area contributed by atoms with Gasteiger partial charge in [0, 0.05) is 38.0 Å². The summed E-state index contributed by atoms with van der Waals surface area (Å²) in [6.07, 6.45) is 1.89. The van der Waals surface area contributed by atoms with Crippen LogP contribution in [-0.4, -0.2) is 42.0 Å². The highest BCUT2D eigenvalue weighted by atomic mass is 32.1. The van der Waals surface area contributed by atoms with Crippen LogP contribution in [0.5, 0.6) is 0 Å². The van der Waals surface area contributed by atoms with Gasteiger partial charge in [-0.15, -0.1) is 0 Å². The van der Waals surface area contributed by atoms with Gasteiger partial charge in [0.2, 0.25) is 0 Å². The summed E-state index contributed by atoms with van der Waals surface area (Å²) in [5.74, 6) is -0.294. The second kappa shape index (κ2) is 5.77. The zero-order valence-electron chi connectivity index (χ0n) is 11.5. The summed E-state index contributed by atoms with van der Waals surface area (Å²) in [4.78, 5) is 2.88. The Morgan fingerprint density at radius 2 is 1.95 bits per heavy atom. The van der Waals surface area contributed by atoms with E-state index in [1.807, 2.05) is 12.1 Å². The molecule has 1 aromatic carbocycles. The van der Waals surface area contributed by atoms with E-state index in [0.29, 0.717) is 4.99 Å². The van der Waals surface area contributed by atoms with Crippen LogP contribution in [0.2, 0.25) is 0 Å². The van der Waals surface area contributed by atoms with Crippen LogP contribution in [0, 0.1) is 0 Å². The fraction of sp³-hybridized carbons (Fsp3) is 0.533. The molecule has 0 aromatic heterocycles. The third-order valence-corrected chi connectivity index (χ3v) is 4.28. The molecular formula is C15H20N2O2S. The first kappa shape index (κ1) is 13.9. The second-order valence-electron chi connectivity index (χ2n) is 5.45. The molecule has 2 fully saturated rings. The fourth-order valence-electron chi connectivity index (χ4n) is 2.92. The van der Waals surface area contributed by atoms with Crippen molar-refractivity contribution in [2.24, 2.45) is 5.73 Å². The van der Waals surface area contributed by atoms with Crippen molar-refractivity contribution in [2.45, 2.75) is 25.2 Å². The third-order valence-electron chi connectivity index (χ3n) is 4.05. The molecule has 3 rings (SSSR count). The Kier molecular flexibility index (Phi) is 4.03. The lowest BCUT2D eigenvalue weighted by atomic mass is 10.0. The van der Waals surface area contributed by atoms with Crippen molar-refractivity contribution >= 4 is 17.2 Å². The van der Waals surface area contributed by atoms with E-state index in [0.717, 1.165) is 51.3 Å². The zero-order chi connectivity index (χ0) is 14.0. The van der Waals surface area contributed by atoms with E-state index in [1.54, 1.807) is 0 Å². The zero-order valence-corrected chi connectivity index (χ0v) is 12.3. The molecule has 2 N–H and O–H groups in total. The number of thiocarbonyl (C=S) groups is 1. The van der Waals surface area contributed by atoms with Gasteiger partial charge in [-0.25, -0.2) is 0 Å². The quantitative estimate of drug-likeness (QED) is 0.859. The molecule has 0 radical (unpaired) electrons. The Labute approximate surface area is 124 Å². The molecule has 2 aliphatic rings. The van der Waals surface area contributed by atoms with Crippen LogP contribution in [0.25, 0.3) is 0 Å². The van der Waals surface area contributed by atoms with E-state index in [4.69, 9.17) is 27.4 Å². The van der Waals surface area contributed by atoms with Gasteiger partial charge in [0.1, 0.15) is 4.99 Å². The van der Waals surface area contributed by atoms with E-state index in [2.05, 4.69) is 17.0 Å². The molecule has 2 aliphatic heterocycles. The maximum atomic E-state index is 5.75. The predicted octanol–water partition coefficient (Wildman–Crippen LogP) is 1.66. The number of likely N-dealkylation sites (tertiary alicyclic amines) is 1. The van der Waals surface area contributed by atoms with Crippen LogP contribution in [0.15, 0.2) is 24.3 Å². The molecule has 20 heavy (non-hydrogen) atoms. The summed E-state index contributed by atoms with van der Waals surface area (Å²) in [5.41, 5.74) is 7.87. The summed E-state index contributed by atoms with van der Waals surface area (Å²) in [6, 6.07) is 8.17. The average molecular weight is 292 g/mol. The second-order valence-corrected chi connectivity index (χ2v) is 5.89. The normalized spacial score (nSPS) is 22.2. The first-order valence-corrected chi connectivity index (χ1v) is 7.47. The molecule has 1 aromatic rings. The van der Waals surface area contributed by atoms with Gasteiger partial charge in [-0.2, -0.15) is 0 Å². The number of nitrogens with zero attached hydrogens (tertiary/aromatic N) is 1. The molecule has 0 atom stereocenters. The molecule has 0 bridgehead atoms. The molecule has 5 heteroatoms. The molecule has 108 valence electrons. The Bertz CT molecular complexity index is 490. The maximum absolute atomic E-state index is 5.75. The summed E-state index contributed by atoms with van der Waals surface area (Å²) < 4.78 is 11.5. The van der Waals surface area contributed by atoms with Gasteiger partial charge >= 0.3 is 0 Å². The van der Waals surface area contributed by atoms with Crippen LogP contribution < -0.4 is 5.73 Å². The highest BCUT2D eigenvalue weighted by Gasteiger charge is 2.39. The Balaban J connectivity index is 1.59. The highest BCUT2D eigenvalue weighted by Crippen LogP contribution is 2.31. The van der Waals surface area contributed by atoms with E-state index in [-0.39, 0.29) is 5.79 Å². The average Bonchev–Trinajstić information content (AvgIpc) is 2.90. The summed E-state index contributed by atoms with van der Waals surface area (Å²) in [6.45, 7) is 4.38. The van der Waals surface area contributed by atoms with Crippen LogP contribution in [0.4, 0.5) is 0 Å². The molecule has 2 heterocycles. The van der Waals surface area contributed by atoms with Gasteiger partial charge in [-0.1, -0.05) is 30.4 Å². The molecule has 0 amide bonds. The number of ether oxygens (including phenoxy) is 2. The SMILES string of the molecule is NC(=S)c1cccc(CN2CCC3(CC2)OCCO3)c1. The standard InChI is InChI=1S/C15H20N2O2S/c16-14(20)13-3-1-2-12(10-13)11-17-6-4-15(5-7-17)18-8-9-19-15/h1-3,10H,4-9,11H2,(H2,16,20). The first-order valence-electron chi connectivity index (χ1n) is 7.06. The van der Waals surface area contributed by atoms with Gasteiger partial charge in [-0.3, -0.25) is 4.90 Å². The Hall–Kier alpha value is -1.01. The maximum Gasteiger partial charge on any atom is 0.170 e. The van der Waals surface area contributed by atoms with Gasteiger partial charge < -0.3 is 15.2 Å². The molecule has 0 aliphatic carbocycles. The van der Waals surface area contributed by atoms with Crippen molar-refractivity contribution in [2.75, 3.05) is 26.3 Å². The highest BCUT2D eigenvalue weighted by molar-refractivity contribution is 7.80. The lowest BCUT2D eigenvalue weighted by Gasteiger charge is -2.37. The molecular weight excluding hydrogens is 272 g/mol. The van der Waals surface area contributed by atoms with Crippen molar-refractivity contribution in [3.05, 3.63) is 35.4 Å². The Morgan fingerprint density at radius 3 is 2.60 bits per heavy atom. The fourth-order valence-corrected chi connectivity index (χ4v) is 3.05. The topological polar surface area (TPSA) is 47.7 Å². The van der Waals surface area contributed by atoms with Gasteiger partial charge in [0.15, 0.2) is 5.79 Å². The van der Waals surface area contributed by atoms with Crippen molar-refractivity contribution in [1.29, 1.82) is 0 Å². The minimum absolute atomic E-state index is 0.294. The molecule has 4 nitrogen and oxygen atoms in total. The van der Waals surface area contributed by atoms with Crippen LogP contribution in [0.3, 0.4) is 0 Å². The molecule has 0 saturated carbocycles. The number of hydrogen-bond acceptors (Lipinski definition) is 4.